The second-order valence-electron chi connectivity index (χ2n) is 11.2. The first-order valence-corrected chi connectivity index (χ1v) is 12.4. The molecule has 2 atom stereocenters. The molecule has 0 aromatic carbocycles. The lowest BCUT2D eigenvalue weighted by molar-refractivity contribution is -0.0762. The molecular formula is C25H42F2O. The van der Waals surface area contributed by atoms with Crippen LogP contribution in [0.15, 0.2) is 0 Å². The highest BCUT2D eigenvalue weighted by atomic mass is 19.1. The Morgan fingerprint density at radius 2 is 1.36 bits per heavy atom. The van der Waals surface area contributed by atoms with Crippen molar-refractivity contribution in [2.75, 3.05) is 0 Å². The minimum Gasteiger partial charge on any atom is -0.387 e. The van der Waals surface area contributed by atoms with Crippen molar-refractivity contribution >= 4 is 0 Å². The van der Waals surface area contributed by atoms with Gasteiger partial charge in [-0.2, -0.15) is 0 Å². The molecule has 0 spiro atoms. The van der Waals surface area contributed by atoms with Crippen molar-refractivity contribution in [3.8, 4) is 0 Å². The van der Waals surface area contributed by atoms with Crippen molar-refractivity contribution in [2.45, 2.75) is 128 Å². The fraction of sp³-hybridized carbons (Fsp3) is 1.00. The molecule has 0 radical (unpaired) electrons. The number of alkyl halides is 2. The van der Waals surface area contributed by atoms with Gasteiger partial charge in [0.05, 0.1) is 0 Å². The Morgan fingerprint density at radius 3 is 1.89 bits per heavy atom. The van der Waals surface area contributed by atoms with Crippen LogP contribution in [0.4, 0.5) is 8.78 Å². The van der Waals surface area contributed by atoms with E-state index in [0.717, 1.165) is 18.8 Å². The molecule has 0 saturated heterocycles. The molecule has 0 aliphatic heterocycles. The SMILES string of the molecule is CCCCCC12CCC(C3CCC(C4CC(F)C(O)C(F)C4)CC3)(CC1)CC2. The average Bonchev–Trinajstić information content (AvgIpc) is 2.73. The molecule has 2 bridgehead atoms. The summed E-state index contributed by atoms with van der Waals surface area (Å²) in [6.45, 7) is 2.30. The minimum absolute atomic E-state index is 0.149. The highest BCUT2D eigenvalue weighted by molar-refractivity contribution is 5.03. The maximum absolute atomic E-state index is 14.0. The van der Waals surface area contributed by atoms with Crippen molar-refractivity contribution in [3.63, 3.8) is 0 Å². The summed E-state index contributed by atoms with van der Waals surface area (Å²) in [6.07, 6.45) is 15.9. The number of rotatable bonds is 6. The van der Waals surface area contributed by atoms with E-state index >= 15 is 0 Å². The number of unbranched alkanes of at least 4 members (excludes halogenated alkanes) is 2. The van der Waals surface area contributed by atoms with E-state index in [-0.39, 0.29) is 5.92 Å². The molecule has 5 fully saturated rings. The standard InChI is InChI=1S/C25H42F2O/c1-2-3-4-9-24-10-13-25(14-11-24,15-12-24)20-7-5-18(6-8-20)19-16-21(26)23(28)22(27)17-19/h18-23,28H,2-17H2,1H3. The van der Waals surface area contributed by atoms with Gasteiger partial charge in [-0.05, 0) is 112 Å². The van der Waals surface area contributed by atoms with Gasteiger partial charge < -0.3 is 5.11 Å². The van der Waals surface area contributed by atoms with Crippen LogP contribution in [0.2, 0.25) is 0 Å². The Labute approximate surface area is 171 Å². The summed E-state index contributed by atoms with van der Waals surface area (Å²) in [7, 11) is 0. The number of hydrogen-bond acceptors (Lipinski definition) is 1. The first kappa shape index (κ1) is 21.1. The summed E-state index contributed by atoms with van der Waals surface area (Å²) in [5.74, 6) is 1.49. The van der Waals surface area contributed by atoms with E-state index in [0.29, 0.717) is 29.6 Å². The largest absolute Gasteiger partial charge is 0.387 e. The molecular weight excluding hydrogens is 354 g/mol. The maximum atomic E-state index is 14.0. The highest BCUT2D eigenvalue weighted by Gasteiger charge is 2.52. The zero-order chi connectivity index (χ0) is 19.8. The molecule has 5 aliphatic rings. The first-order valence-electron chi connectivity index (χ1n) is 12.4. The normalized spacial score (nSPS) is 49.3. The summed E-state index contributed by atoms with van der Waals surface area (Å²) in [5.41, 5.74) is 1.29. The summed E-state index contributed by atoms with van der Waals surface area (Å²) in [5, 5.41) is 9.58. The number of hydrogen-bond donors (Lipinski definition) is 1. The van der Waals surface area contributed by atoms with Gasteiger partial charge >= 0.3 is 0 Å². The number of aliphatic hydroxyl groups is 1. The van der Waals surface area contributed by atoms with E-state index in [1.54, 1.807) is 0 Å². The van der Waals surface area contributed by atoms with Crippen molar-refractivity contribution in [1.29, 1.82) is 0 Å². The van der Waals surface area contributed by atoms with E-state index in [2.05, 4.69) is 6.92 Å². The van der Waals surface area contributed by atoms with Crippen LogP contribution in [0.3, 0.4) is 0 Å². The fourth-order valence-electron chi connectivity index (χ4n) is 7.80. The van der Waals surface area contributed by atoms with Crippen LogP contribution in [-0.4, -0.2) is 23.6 Å². The Hall–Kier alpha value is -0.180. The molecule has 0 amide bonds. The molecule has 0 heterocycles. The monoisotopic (exact) mass is 396 g/mol. The van der Waals surface area contributed by atoms with Crippen LogP contribution < -0.4 is 0 Å². The number of aliphatic hydroxyl groups excluding tert-OH is 1. The van der Waals surface area contributed by atoms with Gasteiger partial charge in [0.2, 0.25) is 0 Å². The highest BCUT2D eigenvalue weighted by Crippen LogP contribution is 2.63. The number of halogens is 2. The summed E-state index contributed by atoms with van der Waals surface area (Å²) in [6, 6.07) is 0. The minimum atomic E-state index is -1.38. The van der Waals surface area contributed by atoms with Crippen molar-refractivity contribution in [2.24, 2.45) is 28.6 Å². The second kappa shape index (κ2) is 8.52. The molecule has 5 saturated carbocycles. The van der Waals surface area contributed by atoms with Crippen LogP contribution >= 0.6 is 0 Å². The van der Waals surface area contributed by atoms with Gasteiger partial charge in [-0.1, -0.05) is 26.2 Å². The topological polar surface area (TPSA) is 20.2 Å². The van der Waals surface area contributed by atoms with Gasteiger partial charge in [-0.15, -0.1) is 0 Å². The third-order valence-corrected chi connectivity index (χ3v) is 9.87. The van der Waals surface area contributed by atoms with E-state index < -0.39 is 18.4 Å². The van der Waals surface area contributed by atoms with Crippen molar-refractivity contribution in [3.05, 3.63) is 0 Å². The predicted molar refractivity (Wildman–Crippen MR) is 111 cm³/mol. The van der Waals surface area contributed by atoms with Gasteiger partial charge in [-0.3, -0.25) is 0 Å². The lowest BCUT2D eigenvalue weighted by Gasteiger charge is -2.58. The second-order valence-corrected chi connectivity index (χ2v) is 11.2. The van der Waals surface area contributed by atoms with Crippen LogP contribution in [0.25, 0.3) is 0 Å². The van der Waals surface area contributed by atoms with Crippen molar-refractivity contribution in [1.82, 2.24) is 0 Å². The van der Waals surface area contributed by atoms with E-state index in [1.807, 2.05) is 0 Å². The van der Waals surface area contributed by atoms with Gasteiger partial charge in [0.15, 0.2) is 0 Å². The molecule has 162 valence electrons. The van der Waals surface area contributed by atoms with Gasteiger partial charge in [0.25, 0.3) is 0 Å². The van der Waals surface area contributed by atoms with E-state index in [4.69, 9.17) is 0 Å². The lowest BCUT2D eigenvalue weighted by atomic mass is 9.47. The quantitative estimate of drug-likeness (QED) is 0.472. The van der Waals surface area contributed by atoms with Crippen LogP contribution in [0.5, 0.6) is 0 Å². The average molecular weight is 397 g/mol. The zero-order valence-electron chi connectivity index (χ0n) is 18.0. The van der Waals surface area contributed by atoms with Gasteiger partial charge in [0, 0.05) is 0 Å². The molecule has 0 aromatic rings. The fourth-order valence-corrected chi connectivity index (χ4v) is 7.80. The number of fused-ring (bicyclic) bond motifs is 3. The third-order valence-electron chi connectivity index (χ3n) is 9.87. The summed E-state index contributed by atoms with van der Waals surface area (Å²) >= 11 is 0. The molecule has 1 N–H and O–H groups in total. The predicted octanol–water partition coefficient (Wildman–Crippen LogP) is 7.16. The van der Waals surface area contributed by atoms with E-state index in [1.165, 1.54) is 77.0 Å². The summed E-state index contributed by atoms with van der Waals surface area (Å²) < 4.78 is 28.0. The Kier molecular flexibility index (Phi) is 6.41. The van der Waals surface area contributed by atoms with Crippen LogP contribution in [-0.2, 0) is 0 Å². The van der Waals surface area contributed by atoms with Gasteiger partial charge in [-0.25, -0.2) is 8.78 Å². The Morgan fingerprint density at radius 1 is 0.786 bits per heavy atom. The molecule has 5 aliphatic carbocycles. The third kappa shape index (κ3) is 4.03. The maximum Gasteiger partial charge on any atom is 0.129 e. The lowest BCUT2D eigenvalue weighted by Crippen LogP contribution is -2.47. The molecule has 2 unspecified atom stereocenters. The van der Waals surface area contributed by atoms with E-state index in [9.17, 15) is 13.9 Å². The van der Waals surface area contributed by atoms with Gasteiger partial charge in [0.1, 0.15) is 18.4 Å². The molecule has 0 aromatic heterocycles. The smallest absolute Gasteiger partial charge is 0.129 e. The van der Waals surface area contributed by atoms with Crippen LogP contribution in [0, 0.1) is 28.6 Å². The molecule has 28 heavy (non-hydrogen) atoms. The Bertz CT molecular complexity index is 476. The molecule has 1 nitrogen and oxygen atoms in total. The first-order chi connectivity index (χ1) is 13.5. The van der Waals surface area contributed by atoms with Crippen LogP contribution in [0.1, 0.15) is 110 Å². The zero-order valence-corrected chi connectivity index (χ0v) is 18.0. The Balaban J connectivity index is 1.28. The molecule has 5 rings (SSSR count). The molecule has 3 heteroatoms. The van der Waals surface area contributed by atoms with Crippen molar-refractivity contribution < 1.29 is 13.9 Å². The summed E-state index contributed by atoms with van der Waals surface area (Å²) in [4.78, 5) is 0.